The van der Waals surface area contributed by atoms with E-state index in [0.29, 0.717) is 43.4 Å². The number of benzene rings is 1. The highest BCUT2D eigenvalue weighted by atomic mass is 16.5. The monoisotopic (exact) mass is 280 g/mol. The lowest BCUT2D eigenvalue weighted by Gasteiger charge is -2.34. The Morgan fingerprint density at radius 2 is 2.35 bits per heavy atom. The Balaban J connectivity index is 2.23. The van der Waals surface area contributed by atoms with Crippen molar-refractivity contribution >= 4 is 11.6 Å². The van der Waals surface area contributed by atoms with Gasteiger partial charge >= 0.3 is 0 Å². The predicted octanol–water partition coefficient (Wildman–Crippen LogP) is 0.501. The fraction of sp³-hybridized carbons (Fsp3) is 0.500. The molecule has 1 aromatic rings. The summed E-state index contributed by atoms with van der Waals surface area (Å²) in [5.41, 5.74) is 6.75. The summed E-state index contributed by atoms with van der Waals surface area (Å²) in [5, 5.41) is 9.33. The number of aliphatic hydroxyl groups is 1. The summed E-state index contributed by atoms with van der Waals surface area (Å²) < 4.78 is 10.7. The number of nitrogens with zero attached hydrogens (tertiary/aromatic N) is 1. The molecule has 0 bridgehead atoms. The summed E-state index contributed by atoms with van der Waals surface area (Å²) in [6.07, 6.45) is 0. The summed E-state index contributed by atoms with van der Waals surface area (Å²) in [6.45, 7) is 3.54. The number of rotatable bonds is 4. The van der Waals surface area contributed by atoms with E-state index in [0.717, 1.165) is 0 Å². The Labute approximate surface area is 118 Å². The number of carbonyl (C=O) groups is 1. The number of amides is 1. The maximum absolute atomic E-state index is 12.5. The quantitative estimate of drug-likeness (QED) is 0.785. The SMILES string of the molecule is CCOc1cc(N)cc(C(=O)N2CCOCC2CO)c1. The van der Waals surface area contributed by atoms with E-state index < -0.39 is 0 Å². The second kappa shape index (κ2) is 6.58. The third-order valence-electron chi connectivity index (χ3n) is 3.19. The van der Waals surface area contributed by atoms with Crippen LogP contribution in [-0.2, 0) is 4.74 Å². The van der Waals surface area contributed by atoms with E-state index in [1.165, 1.54) is 0 Å². The lowest BCUT2D eigenvalue weighted by molar-refractivity contribution is -0.0184. The first-order chi connectivity index (χ1) is 9.65. The van der Waals surface area contributed by atoms with Gasteiger partial charge in [-0.05, 0) is 19.1 Å². The first-order valence-corrected chi connectivity index (χ1v) is 6.68. The van der Waals surface area contributed by atoms with Gasteiger partial charge in [-0.25, -0.2) is 0 Å². The van der Waals surface area contributed by atoms with Gasteiger partial charge in [-0.15, -0.1) is 0 Å². The minimum absolute atomic E-state index is 0.119. The minimum Gasteiger partial charge on any atom is -0.494 e. The molecule has 1 heterocycles. The van der Waals surface area contributed by atoms with Gasteiger partial charge in [0.25, 0.3) is 5.91 Å². The van der Waals surface area contributed by atoms with Crippen LogP contribution in [0.1, 0.15) is 17.3 Å². The van der Waals surface area contributed by atoms with E-state index in [-0.39, 0.29) is 18.6 Å². The third kappa shape index (κ3) is 3.20. The van der Waals surface area contributed by atoms with Crippen LogP contribution in [0.2, 0.25) is 0 Å². The van der Waals surface area contributed by atoms with Crippen molar-refractivity contribution in [2.75, 3.05) is 38.7 Å². The van der Waals surface area contributed by atoms with Gasteiger partial charge in [-0.1, -0.05) is 0 Å². The number of nitrogen functional groups attached to an aromatic ring is 1. The minimum atomic E-state index is -0.312. The molecule has 1 saturated heterocycles. The number of ether oxygens (including phenoxy) is 2. The normalized spacial score (nSPS) is 18.9. The molecule has 1 aromatic carbocycles. The van der Waals surface area contributed by atoms with Crippen molar-refractivity contribution in [3.63, 3.8) is 0 Å². The van der Waals surface area contributed by atoms with Gasteiger partial charge in [0.2, 0.25) is 0 Å². The zero-order chi connectivity index (χ0) is 14.5. The van der Waals surface area contributed by atoms with Crippen LogP contribution in [0.3, 0.4) is 0 Å². The summed E-state index contributed by atoms with van der Waals surface area (Å²) in [5.74, 6) is 0.408. The highest BCUT2D eigenvalue weighted by Crippen LogP contribution is 2.21. The zero-order valence-electron chi connectivity index (χ0n) is 11.5. The molecule has 110 valence electrons. The predicted molar refractivity (Wildman–Crippen MR) is 74.8 cm³/mol. The fourth-order valence-corrected chi connectivity index (χ4v) is 2.23. The highest BCUT2D eigenvalue weighted by Gasteiger charge is 2.27. The average molecular weight is 280 g/mol. The smallest absolute Gasteiger partial charge is 0.254 e. The van der Waals surface area contributed by atoms with Crippen molar-refractivity contribution in [3.05, 3.63) is 23.8 Å². The maximum atomic E-state index is 12.5. The molecule has 0 aliphatic carbocycles. The summed E-state index contributed by atoms with van der Waals surface area (Å²) >= 11 is 0. The van der Waals surface area contributed by atoms with Crippen LogP contribution in [0.15, 0.2) is 18.2 Å². The van der Waals surface area contributed by atoms with Crippen LogP contribution in [0.4, 0.5) is 5.69 Å². The average Bonchev–Trinajstić information content (AvgIpc) is 2.46. The molecule has 1 aliphatic heterocycles. The van der Waals surface area contributed by atoms with Gasteiger partial charge in [-0.3, -0.25) is 4.79 Å². The molecule has 0 radical (unpaired) electrons. The van der Waals surface area contributed by atoms with Crippen molar-refractivity contribution < 1.29 is 19.4 Å². The Morgan fingerprint density at radius 1 is 1.55 bits per heavy atom. The number of anilines is 1. The molecule has 0 saturated carbocycles. The Kier molecular flexibility index (Phi) is 4.81. The molecular weight excluding hydrogens is 260 g/mol. The van der Waals surface area contributed by atoms with Gasteiger partial charge in [0.05, 0.1) is 32.5 Å². The highest BCUT2D eigenvalue weighted by molar-refractivity contribution is 5.95. The second-order valence-electron chi connectivity index (χ2n) is 4.63. The number of carbonyl (C=O) groups excluding carboxylic acids is 1. The molecule has 3 N–H and O–H groups in total. The zero-order valence-corrected chi connectivity index (χ0v) is 11.5. The van der Waals surface area contributed by atoms with Crippen LogP contribution in [0.25, 0.3) is 0 Å². The van der Waals surface area contributed by atoms with E-state index in [9.17, 15) is 9.90 Å². The van der Waals surface area contributed by atoms with E-state index in [1.807, 2.05) is 6.92 Å². The van der Waals surface area contributed by atoms with Gasteiger partial charge < -0.3 is 25.2 Å². The molecule has 0 aromatic heterocycles. The fourth-order valence-electron chi connectivity index (χ4n) is 2.23. The first kappa shape index (κ1) is 14.6. The van der Waals surface area contributed by atoms with Crippen molar-refractivity contribution in [2.45, 2.75) is 13.0 Å². The van der Waals surface area contributed by atoms with Crippen molar-refractivity contribution in [2.24, 2.45) is 0 Å². The van der Waals surface area contributed by atoms with Gasteiger partial charge in [0.15, 0.2) is 0 Å². The molecule has 1 amide bonds. The van der Waals surface area contributed by atoms with E-state index in [4.69, 9.17) is 15.2 Å². The number of hydrogen-bond acceptors (Lipinski definition) is 5. The topological polar surface area (TPSA) is 85.0 Å². The summed E-state index contributed by atoms with van der Waals surface area (Å²) in [7, 11) is 0. The Morgan fingerprint density at radius 3 is 3.05 bits per heavy atom. The van der Waals surface area contributed by atoms with Gasteiger partial charge in [0, 0.05) is 23.9 Å². The van der Waals surface area contributed by atoms with E-state index in [2.05, 4.69) is 0 Å². The molecule has 0 spiro atoms. The van der Waals surface area contributed by atoms with Crippen LogP contribution < -0.4 is 10.5 Å². The molecule has 2 rings (SSSR count). The summed E-state index contributed by atoms with van der Waals surface area (Å²) in [6, 6.07) is 4.66. The number of nitrogens with two attached hydrogens (primary N) is 1. The Bertz CT molecular complexity index is 478. The van der Waals surface area contributed by atoms with Gasteiger partial charge in [-0.2, -0.15) is 0 Å². The molecule has 6 nitrogen and oxygen atoms in total. The number of hydrogen-bond donors (Lipinski definition) is 2. The summed E-state index contributed by atoms with van der Waals surface area (Å²) in [4.78, 5) is 14.1. The molecule has 1 aliphatic rings. The lowest BCUT2D eigenvalue weighted by Crippen LogP contribution is -2.50. The lowest BCUT2D eigenvalue weighted by atomic mass is 10.1. The van der Waals surface area contributed by atoms with Crippen LogP contribution in [0.5, 0.6) is 5.75 Å². The van der Waals surface area contributed by atoms with Crippen molar-refractivity contribution in [1.29, 1.82) is 0 Å². The molecule has 1 unspecified atom stereocenters. The first-order valence-electron chi connectivity index (χ1n) is 6.68. The van der Waals surface area contributed by atoms with E-state index >= 15 is 0 Å². The van der Waals surface area contributed by atoms with Crippen LogP contribution in [-0.4, -0.2) is 54.9 Å². The third-order valence-corrected chi connectivity index (χ3v) is 3.19. The molecule has 1 fully saturated rings. The van der Waals surface area contributed by atoms with Crippen molar-refractivity contribution in [3.8, 4) is 5.75 Å². The van der Waals surface area contributed by atoms with E-state index in [1.54, 1.807) is 23.1 Å². The van der Waals surface area contributed by atoms with Crippen molar-refractivity contribution in [1.82, 2.24) is 4.90 Å². The van der Waals surface area contributed by atoms with Crippen LogP contribution in [0, 0.1) is 0 Å². The number of morpholine rings is 1. The largest absolute Gasteiger partial charge is 0.494 e. The standard InChI is InChI=1S/C14H20N2O4/c1-2-20-13-6-10(5-11(15)7-13)14(18)16-3-4-19-9-12(16)8-17/h5-7,12,17H,2-4,8-9,15H2,1H3. The maximum Gasteiger partial charge on any atom is 0.254 e. The van der Waals surface area contributed by atoms with Gasteiger partial charge in [0.1, 0.15) is 5.75 Å². The molecule has 20 heavy (non-hydrogen) atoms. The molecular formula is C14H20N2O4. The van der Waals surface area contributed by atoms with Crippen LogP contribution >= 0.6 is 0 Å². The second-order valence-corrected chi connectivity index (χ2v) is 4.63. The Hall–Kier alpha value is -1.79. The number of aliphatic hydroxyl groups excluding tert-OH is 1. The molecule has 1 atom stereocenters. The molecule has 6 heteroatoms.